The third-order valence-corrected chi connectivity index (χ3v) is 5.36. The van der Waals surface area contributed by atoms with Gasteiger partial charge in [0.15, 0.2) is 11.6 Å². The van der Waals surface area contributed by atoms with Crippen molar-refractivity contribution in [1.29, 1.82) is 0 Å². The fourth-order valence-electron chi connectivity index (χ4n) is 3.74. The molecule has 0 saturated carbocycles. The van der Waals surface area contributed by atoms with Crippen LogP contribution in [-0.2, 0) is 11.3 Å². The molecule has 4 rings (SSSR count). The summed E-state index contributed by atoms with van der Waals surface area (Å²) < 4.78 is 1.95. The highest BCUT2D eigenvalue weighted by Gasteiger charge is 2.36. The Labute approximate surface area is 181 Å². The second kappa shape index (κ2) is 9.51. The van der Waals surface area contributed by atoms with Crippen LogP contribution in [0.3, 0.4) is 0 Å². The van der Waals surface area contributed by atoms with Gasteiger partial charge >= 0.3 is 0 Å². The summed E-state index contributed by atoms with van der Waals surface area (Å²) in [5.74, 6) is 1.79. The van der Waals surface area contributed by atoms with Crippen molar-refractivity contribution in [2.24, 2.45) is 5.92 Å². The zero-order valence-electron chi connectivity index (χ0n) is 18.2. The number of aryl methyl sites for hydroxylation is 2. The van der Waals surface area contributed by atoms with Gasteiger partial charge in [0.2, 0.25) is 0 Å². The predicted octanol–water partition coefficient (Wildman–Crippen LogP) is 3.51. The van der Waals surface area contributed by atoms with E-state index in [-0.39, 0.29) is 24.3 Å². The summed E-state index contributed by atoms with van der Waals surface area (Å²) in [6, 6.07) is 11.8. The van der Waals surface area contributed by atoms with Crippen LogP contribution in [0.15, 0.2) is 42.6 Å². The molecule has 0 bridgehead atoms. The van der Waals surface area contributed by atoms with Crippen LogP contribution in [-0.4, -0.2) is 48.7 Å². The average molecular weight is 422 g/mol. The molecule has 1 atom stereocenters. The van der Waals surface area contributed by atoms with E-state index in [9.17, 15) is 4.79 Å². The summed E-state index contributed by atoms with van der Waals surface area (Å²) in [7, 11) is 0. The Hall–Kier alpha value is -3.55. The molecule has 0 saturated heterocycles. The molecule has 8 nitrogen and oxygen atoms in total. The number of benzene rings is 1. The van der Waals surface area contributed by atoms with Crippen LogP contribution in [0.4, 0.5) is 0 Å². The van der Waals surface area contributed by atoms with Gasteiger partial charge < -0.3 is 10.0 Å². The van der Waals surface area contributed by atoms with Crippen LogP contribution in [0.1, 0.15) is 47.3 Å². The smallest absolute Gasteiger partial charge is 0.290 e. The van der Waals surface area contributed by atoms with Crippen molar-refractivity contribution < 1.29 is 14.7 Å². The van der Waals surface area contributed by atoms with Crippen molar-refractivity contribution in [2.75, 3.05) is 6.54 Å². The van der Waals surface area contributed by atoms with Gasteiger partial charge in [0.1, 0.15) is 0 Å². The maximum atomic E-state index is 13.3. The number of pyridine rings is 1. The van der Waals surface area contributed by atoms with E-state index in [4.69, 9.17) is 20.0 Å². The minimum Gasteiger partial charge on any atom is -0.483 e. The van der Waals surface area contributed by atoms with Gasteiger partial charge in [0.25, 0.3) is 12.4 Å². The van der Waals surface area contributed by atoms with Gasteiger partial charge in [0, 0.05) is 24.0 Å². The average Bonchev–Trinajstić information content (AvgIpc) is 3.20. The number of carbonyl (C=O) groups excluding carboxylic acids is 1. The molecule has 0 fully saturated rings. The molecule has 0 radical (unpaired) electrons. The van der Waals surface area contributed by atoms with Gasteiger partial charge in [0.05, 0.1) is 18.2 Å². The molecule has 1 aliphatic rings. The van der Waals surface area contributed by atoms with Crippen molar-refractivity contribution in [2.45, 2.75) is 40.3 Å². The van der Waals surface area contributed by atoms with Gasteiger partial charge in [-0.1, -0.05) is 44.2 Å². The highest BCUT2D eigenvalue weighted by Crippen LogP contribution is 2.33. The third-order valence-electron chi connectivity index (χ3n) is 5.36. The Kier molecular flexibility index (Phi) is 6.79. The van der Waals surface area contributed by atoms with E-state index in [1.165, 1.54) is 0 Å². The van der Waals surface area contributed by atoms with Crippen molar-refractivity contribution >= 4 is 12.4 Å². The summed E-state index contributed by atoms with van der Waals surface area (Å²) in [6.07, 6.45) is 1.68. The SMILES string of the molecule is Cc1cc(C(=O)N2CCn3nc(-c4ccccc4)nc3[C@@H]2C(C)C)cnc1C.O=CO. The van der Waals surface area contributed by atoms with E-state index < -0.39 is 0 Å². The summed E-state index contributed by atoms with van der Waals surface area (Å²) in [5.41, 5.74) is 3.59. The lowest BCUT2D eigenvalue weighted by Gasteiger charge is -2.37. The number of hydrogen-bond donors (Lipinski definition) is 1. The zero-order valence-corrected chi connectivity index (χ0v) is 18.2. The molecule has 2 aromatic heterocycles. The van der Waals surface area contributed by atoms with Crippen LogP contribution in [0, 0.1) is 19.8 Å². The Balaban J connectivity index is 0.000000858. The second-order valence-electron chi connectivity index (χ2n) is 7.80. The van der Waals surface area contributed by atoms with Crippen LogP contribution < -0.4 is 0 Å². The van der Waals surface area contributed by atoms with E-state index in [0.29, 0.717) is 24.5 Å². The second-order valence-corrected chi connectivity index (χ2v) is 7.80. The largest absolute Gasteiger partial charge is 0.483 e. The molecule has 0 unspecified atom stereocenters. The van der Waals surface area contributed by atoms with Crippen LogP contribution >= 0.6 is 0 Å². The lowest BCUT2D eigenvalue weighted by Crippen LogP contribution is -2.44. The molecule has 1 aromatic carbocycles. The van der Waals surface area contributed by atoms with Crippen molar-refractivity contribution in [3.05, 3.63) is 65.2 Å². The Bertz CT molecular complexity index is 1060. The first kappa shape index (κ1) is 22.1. The normalized spacial score (nSPS) is 15.1. The van der Waals surface area contributed by atoms with Crippen molar-refractivity contribution in [1.82, 2.24) is 24.6 Å². The molecule has 31 heavy (non-hydrogen) atoms. The van der Waals surface area contributed by atoms with Gasteiger partial charge in [-0.3, -0.25) is 14.6 Å². The van der Waals surface area contributed by atoms with Gasteiger partial charge in [-0.2, -0.15) is 5.10 Å². The summed E-state index contributed by atoms with van der Waals surface area (Å²) in [5, 5.41) is 11.6. The van der Waals surface area contributed by atoms with E-state index in [1.54, 1.807) is 6.20 Å². The van der Waals surface area contributed by atoms with E-state index in [1.807, 2.05) is 59.8 Å². The molecule has 162 valence electrons. The highest BCUT2D eigenvalue weighted by atomic mass is 16.3. The van der Waals surface area contributed by atoms with Gasteiger partial charge in [-0.15, -0.1) is 0 Å². The summed E-state index contributed by atoms with van der Waals surface area (Å²) in [6.45, 7) is 9.18. The fourth-order valence-corrected chi connectivity index (χ4v) is 3.74. The monoisotopic (exact) mass is 421 g/mol. The lowest BCUT2D eigenvalue weighted by atomic mass is 9.98. The van der Waals surface area contributed by atoms with E-state index in [2.05, 4.69) is 18.8 Å². The molecule has 1 amide bonds. The zero-order chi connectivity index (χ0) is 22.5. The molecule has 8 heteroatoms. The van der Waals surface area contributed by atoms with E-state index >= 15 is 0 Å². The molecular formula is C23H27N5O3. The first-order valence-corrected chi connectivity index (χ1v) is 10.2. The number of rotatable bonds is 3. The minimum absolute atomic E-state index is 0.00445. The molecule has 3 aromatic rings. The lowest BCUT2D eigenvalue weighted by molar-refractivity contribution is -0.122. The number of fused-ring (bicyclic) bond motifs is 1. The van der Waals surface area contributed by atoms with Gasteiger partial charge in [-0.05, 0) is 31.4 Å². The maximum absolute atomic E-state index is 13.3. The highest BCUT2D eigenvalue weighted by molar-refractivity contribution is 5.94. The molecular weight excluding hydrogens is 394 g/mol. The third kappa shape index (κ3) is 4.63. The number of nitrogens with zero attached hydrogens (tertiary/aromatic N) is 5. The van der Waals surface area contributed by atoms with Crippen LogP contribution in [0.5, 0.6) is 0 Å². The molecule has 1 N–H and O–H groups in total. The number of carbonyl (C=O) groups is 2. The van der Waals surface area contributed by atoms with E-state index in [0.717, 1.165) is 22.6 Å². The maximum Gasteiger partial charge on any atom is 0.290 e. The number of amides is 1. The van der Waals surface area contributed by atoms with Crippen molar-refractivity contribution in [3.63, 3.8) is 0 Å². The fraction of sp³-hybridized carbons (Fsp3) is 0.348. The quantitative estimate of drug-likeness (QED) is 0.650. The Morgan fingerprint density at radius 1 is 1.19 bits per heavy atom. The first-order valence-electron chi connectivity index (χ1n) is 10.2. The van der Waals surface area contributed by atoms with Crippen molar-refractivity contribution in [3.8, 4) is 11.4 Å². The summed E-state index contributed by atoms with van der Waals surface area (Å²) >= 11 is 0. The number of aromatic nitrogens is 4. The number of carboxylic acid groups (broad SMARTS) is 1. The minimum atomic E-state index is -0.250. The van der Waals surface area contributed by atoms with Crippen LogP contribution in [0.25, 0.3) is 11.4 Å². The van der Waals surface area contributed by atoms with Crippen LogP contribution in [0.2, 0.25) is 0 Å². The Morgan fingerprint density at radius 2 is 1.87 bits per heavy atom. The number of hydrogen-bond acceptors (Lipinski definition) is 5. The Morgan fingerprint density at radius 3 is 2.48 bits per heavy atom. The molecule has 0 spiro atoms. The van der Waals surface area contributed by atoms with Gasteiger partial charge in [-0.25, -0.2) is 9.67 Å². The molecule has 0 aliphatic carbocycles. The summed E-state index contributed by atoms with van der Waals surface area (Å²) in [4.78, 5) is 32.8. The predicted molar refractivity (Wildman–Crippen MR) is 116 cm³/mol. The molecule has 3 heterocycles. The first-order chi connectivity index (χ1) is 14.9. The topological polar surface area (TPSA) is 101 Å². The molecule has 1 aliphatic heterocycles. The standard InChI is InChI=1S/C22H25N5O.CH2O2/c1-14(2)19-21-24-20(17-8-6-5-7-9-17)25-27(21)11-10-26(19)22(28)18-12-15(3)16(4)23-13-18;2-1-3/h5-9,12-14,19H,10-11H2,1-4H3;1H,(H,2,3)/t19-;/m0./s1.